The summed E-state index contributed by atoms with van der Waals surface area (Å²) in [5.74, 6) is -1.42. The molecule has 0 saturated heterocycles. The summed E-state index contributed by atoms with van der Waals surface area (Å²) in [5, 5.41) is 11.7. The number of halogens is 1. The second-order valence-electron chi connectivity index (χ2n) is 7.30. The molecule has 0 aliphatic heterocycles. The van der Waals surface area contributed by atoms with Gasteiger partial charge >= 0.3 is 5.97 Å². The van der Waals surface area contributed by atoms with Crippen LogP contribution in [0.2, 0.25) is 5.02 Å². The van der Waals surface area contributed by atoms with Gasteiger partial charge in [-0.2, -0.15) is 0 Å². The molecule has 0 bridgehead atoms. The number of rotatable bonds is 8. The molecule has 3 rings (SSSR count). The van der Waals surface area contributed by atoms with Gasteiger partial charge in [-0.15, -0.1) is 0 Å². The number of hydrogen-bond donors (Lipinski definition) is 3. The number of nitrogens with one attached hydrogen (secondary N) is 2. The van der Waals surface area contributed by atoms with Crippen molar-refractivity contribution in [2.75, 3.05) is 0 Å². The Bertz CT molecular complexity index is 1070. The zero-order valence-electron chi connectivity index (χ0n) is 16.4. The van der Waals surface area contributed by atoms with E-state index < -0.39 is 22.0 Å². The average Bonchev–Trinajstić information content (AvgIpc) is 3.06. The lowest BCUT2D eigenvalue weighted by Crippen LogP contribution is -2.40. The number of carbonyl (C=O) groups is 2. The molecule has 30 heavy (non-hydrogen) atoms. The van der Waals surface area contributed by atoms with Crippen LogP contribution in [-0.4, -0.2) is 37.5 Å². The van der Waals surface area contributed by atoms with Crippen molar-refractivity contribution in [1.82, 2.24) is 10.0 Å². The number of hydrogen-bond acceptors (Lipinski definition) is 4. The SMILES string of the molecule is CCC(NC(=O)Cc1ccc2c(c1)CC(NS(=O)(=O)c1ccccc1Cl)C2)C(=O)O. The number of carboxylic acid groups (broad SMARTS) is 1. The van der Waals surface area contributed by atoms with Gasteiger partial charge in [-0.1, -0.05) is 48.9 Å². The molecule has 2 aromatic carbocycles. The van der Waals surface area contributed by atoms with E-state index in [4.69, 9.17) is 16.7 Å². The highest BCUT2D eigenvalue weighted by Crippen LogP contribution is 2.26. The molecule has 0 spiro atoms. The molecular weight excluding hydrogens is 428 g/mol. The maximum absolute atomic E-state index is 12.7. The van der Waals surface area contributed by atoms with E-state index in [1.54, 1.807) is 19.1 Å². The molecule has 0 heterocycles. The van der Waals surface area contributed by atoms with Gasteiger partial charge in [0.1, 0.15) is 10.9 Å². The fraction of sp³-hybridized carbons (Fsp3) is 0.333. The van der Waals surface area contributed by atoms with E-state index in [1.165, 1.54) is 12.1 Å². The van der Waals surface area contributed by atoms with E-state index in [1.807, 2.05) is 18.2 Å². The predicted molar refractivity (Wildman–Crippen MR) is 113 cm³/mol. The number of carbonyl (C=O) groups excluding carboxylic acids is 1. The topological polar surface area (TPSA) is 113 Å². The summed E-state index contributed by atoms with van der Waals surface area (Å²) in [6.45, 7) is 1.69. The highest BCUT2D eigenvalue weighted by atomic mass is 35.5. The Balaban J connectivity index is 1.65. The molecule has 7 nitrogen and oxygen atoms in total. The first-order chi connectivity index (χ1) is 14.2. The molecule has 9 heteroatoms. The fourth-order valence-corrected chi connectivity index (χ4v) is 5.33. The van der Waals surface area contributed by atoms with Crippen LogP contribution in [0.4, 0.5) is 0 Å². The smallest absolute Gasteiger partial charge is 0.326 e. The number of amides is 1. The Hall–Kier alpha value is -2.42. The molecule has 0 aromatic heterocycles. The summed E-state index contributed by atoms with van der Waals surface area (Å²) in [5.41, 5.74) is 2.74. The van der Waals surface area contributed by atoms with Crippen molar-refractivity contribution < 1.29 is 23.1 Å². The number of sulfonamides is 1. The summed E-state index contributed by atoms with van der Waals surface area (Å²) in [6.07, 6.45) is 1.41. The maximum Gasteiger partial charge on any atom is 0.326 e. The van der Waals surface area contributed by atoms with Crippen molar-refractivity contribution >= 4 is 33.5 Å². The van der Waals surface area contributed by atoms with Gasteiger partial charge in [-0.25, -0.2) is 17.9 Å². The predicted octanol–water partition coefficient (Wildman–Crippen LogP) is 2.31. The van der Waals surface area contributed by atoms with Crippen LogP contribution >= 0.6 is 11.6 Å². The first-order valence-electron chi connectivity index (χ1n) is 9.59. The molecule has 3 N–H and O–H groups in total. The third-order valence-electron chi connectivity index (χ3n) is 5.06. The van der Waals surface area contributed by atoms with Gasteiger partial charge in [0.15, 0.2) is 0 Å². The first-order valence-corrected chi connectivity index (χ1v) is 11.5. The Morgan fingerprint density at radius 1 is 1.17 bits per heavy atom. The van der Waals surface area contributed by atoms with Crippen molar-refractivity contribution in [3.63, 3.8) is 0 Å². The minimum absolute atomic E-state index is 0.0453. The van der Waals surface area contributed by atoms with E-state index in [9.17, 15) is 18.0 Å². The van der Waals surface area contributed by atoms with E-state index in [2.05, 4.69) is 10.0 Å². The van der Waals surface area contributed by atoms with Crippen molar-refractivity contribution in [3.05, 3.63) is 64.2 Å². The van der Waals surface area contributed by atoms with Gasteiger partial charge in [0.25, 0.3) is 0 Å². The Labute approximate surface area is 180 Å². The van der Waals surface area contributed by atoms with Crippen molar-refractivity contribution in [2.45, 2.75) is 49.6 Å². The molecule has 160 valence electrons. The second-order valence-corrected chi connectivity index (χ2v) is 9.39. The summed E-state index contributed by atoms with van der Waals surface area (Å²) in [6, 6.07) is 10.6. The van der Waals surface area contributed by atoms with Crippen LogP contribution in [0.5, 0.6) is 0 Å². The number of benzene rings is 2. The lowest BCUT2D eigenvalue weighted by atomic mass is 10.0. The zero-order valence-corrected chi connectivity index (χ0v) is 18.0. The van der Waals surface area contributed by atoms with E-state index >= 15 is 0 Å². The zero-order chi connectivity index (χ0) is 21.9. The lowest BCUT2D eigenvalue weighted by molar-refractivity contribution is -0.141. The Kier molecular flexibility index (Phi) is 6.80. The standard InChI is InChI=1S/C21H23ClN2O5S/c1-2-18(21(26)27)23-20(25)10-13-7-8-14-11-16(12-15(14)9-13)24-30(28,29)19-6-4-3-5-17(19)22/h3-9,16,18,24H,2,10-12H2,1H3,(H,23,25)(H,26,27). The molecule has 1 aliphatic rings. The van der Waals surface area contributed by atoms with Gasteiger partial charge in [0.05, 0.1) is 11.4 Å². The van der Waals surface area contributed by atoms with Crippen molar-refractivity contribution in [3.8, 4) is 0 Å². The van der Waals surface area contributed by atoms with Gasteiger partial charge in [0, 0.05) is 6.04 Å². The van der Waals surface area contributed by atoms with Crippen LogP contribution in [0.25, 0.3) is 0 Å². The third-order valence-corrected chi connectivity index (χ3v) is 7.08. The van der Waals surface area contributed by atoms with Crippen molar-refractivity contribution in [1.29, 1.82) is 0 Å². The first kappa shape index (κ1) is 22.3. The van der Waals surface area contributed by atoms with Crippen LogP contribution in [0, 0.1) is 0 Å². The van der Waals surface area contributed by atoms with Crippen LogP contribution in [-0.2, 0) is 38.9 Å². The number of aliphatic carboxylic acids is 1. The summed E-state index contributed by atoms with van der Waals surface area (Å²) >= 11 is 6.02. The van der Waals surface area contributed by atoms with Crippen LogP contribution in [0.3, 0.4) is 0 Å². The number of carboxylic acids is 1. The molecule has 2 aromatic rings. The highest BCUT2D eigenvalue weighted by molar-refractivity contribution is 7.89. The Morgan fingerprint density at radius 3 is 2.53 bits per heavy atom. The Morgan fingerprint density at radius 2 is 1.87 bits per heavy atom. The molecule has 0 fully saturated rings. The lowest BCUT2D eigenvalue weighted by Gasteiger charge is -2.13. The van der Waals surface area contributed by atoms with Crippen LogP contribution in [0.15, 0.2) is 47.4 Å². The normalized spacial score (nSPS) is 16.7. The number of fused-ring (bicyclic) bond motifs is 1. The summed E-state index contributed by atoms with van der Waals surface area (Å²) < 4.78 is 28.0. The van der Waals surface area contributed by atoms with Gasteiger partial charge in [-0.05, 0) is 48.1 Å². The minimum Gasteiger partial charge on any atom is -0.480 e. The highest BCUT2D eigenvalue weighted by Gasteiger charge is 2.28. The van der Waals surface area contributed by atoms with Gasteiger partial charge in [-0.3, -0.25) is 4.79 Å². The minimum atomic E-state index is -3.75. The van der Waals surface area contributed by atoms with Crippen LogP contribution in [0.1, 0.15) is 30.0 Å². The molecular formula is C21H23ClN2O5S. The average molecular weight is 451 g/mol. The summed E-state index contributed by atoms with van der Waals surface area (Å²) in [4.78, 5) is 23.3. The molecule has 0 saturated carbocycles. The fourth-order valence-electron chi connectivity index (χ4n) is 3.58. The van der Waals surface area contributed by atoms with Crippen molar-refractivity contribution in [2.24, 2.45) is 0 Å². The molecule has 1 aliphatic carbocycles. The van der Waals surface area contributed by atoms with E-state index in [0.29, 0.717) is 19.3 Å². The summed E-state index contributed by atoms with van der Waals surface area (Å²) in [7, 11) is -3.75. The monoisotopic (exact) mass is 450 g/mol. The quantitative estimate of drug-likeness (QED) is 0.571. The molecule has 1 amide bonds. The molecule has 2 unspecified atom stereocenters. The van der Waals surface area contributed by atoms with Crippen LogP contribution < -0.4 is 10.0 Å². The second kappa shape index (κ2) is 9.16. The van der Waals surface area contributed by atoms with E-state index in [-0.39, 0.29) is 28.3 Å². The van der Waals surface area contributed by atoms with E-state index in [0.717, 1.165) is 16.7 Å². The maximum atomic E-state index is 12.7. The largest absolute Gasteiger partial charge is 0.480 e. The molecule has 2 atom stereocenters. The van der Waals surface area contributed by atoms with Gasteiger partial charge in [0.2, 0.25) is 15.9 Å². The molecule has 0 radical (unpaired) electrons. The van der Waals surface area contributed by atoms with Gasteiger partial charge < -0.3 is 10.4 Å². The third kappa shape index (κ3) is 5.19.